The summed E-state index contributed by atoms with van der Waals surface area (Å²) in [6, 6.07) is -5.61. The molecule has 0 aromatic carbocycles. The van der Waals surface area contributed by atoms with Crippen LogP contribution in [0.3, 0.4) is 0 Å². The quantitative estimate of drug-likeness (QED) is 0.0277. The van der Waals surface area contributed by atoms with Crippen LogP contribution >= 0.6 is 0 Å². The van der Waals surface area contributed by atoms with Crippen molar-refractivity contribution in [2.75, 3.05) is 72.4 Å². The van der Waals surface area contributed by atoms with E-state index < -0.39 is 183 Å². The second-order valence-corrected chi connectivity index (χ2v) is 29.0. The van der Waals surface area contributed by atoms with E-state index in [0.717, 1.165) is 44.9 Å². The van der Waals surface area contributed by atoms with Gasteiger partial charge in [-0.25, -0.2) is 0 Å². The molecule has 0 saturated carbocycles. The first-order valence-electron chi connectivity index (χ1n) is 39.3. The molecule has 630 valence electrons. The topological polar surface area (TPSA) is 538 Å². The van der Waals surface area contributed by atoms with Gasteiger partial charge in [-0.15, -0.1) is 0 Å². The predicted octanol–water partition coefficient (Wildman–Crippen LogP) is -2.61. The number of aliphatic hydroxyl groups excluding tert-OH is 10. The molecular weight excluding hydrogens is 1430 g/mol. The SMILES string of the molecule is CC(=O)NC1C(OCCCCCCNC(=O)CCC(NC(=O)CCC(NC(=O)CCCCCCCCCCC(=O)NC[C@H]2C[C@H](O)[C@@H](COC(C)C)O2)C(=O)NCCCCCCOC2OC(CO)C(O)C(O)C2NC(C)=O)C(=O)NCCCCCCOC2OC(CO)C(O)C(O)C2NC(C)=O)OC(CO)C(O)C1O. The van der Waals surface area contributed by atoms with Crippen molar-refractivity contribution in [1.82, 2.24) is 47.9 Å². The van der Waals surface area contributed by atoms with Gasteiger partial charge in [-0.2, -0.15) is 0 Å². The Bertz CT molecular complexity index is 2650. The Kier molecular flexibility index (Phi) is 47.7. The molecule has 4 aliphatic rings. The number of nitrogens with one attached hydrogen (secondary N) is 9. The van der Waals surface area contributed by atoms with E-state index in [2.05, 4.69) is 47.9 Å². The fourth-order valence-electron chi connectivity index (χ4n) is 13.1. The Labute approximate surface area is 639 Å². The van der Waals surface area contributed by atoms with Gasteiger partial charge in [-0.3, -0.25) is 43.2 Å². The molecule has 36 heteroatoms. The summed E-state index contributed by atoms with van der Waals surface area (Å²) in [6.07, 6.45) is -3.29. The van der Waals surface area contributed by atoms with E-state index in [0.29, 0.717) is 109 Å². The number of hydrogen-bond acceptors (Lipinski definition) is 27. The molecule has 0 aromatic rings. The highest BCUT2D eigenvalue weighted by Crippen LogP contribution is 2.27. The second kappa shape index (κ2) is 54.3. The Hall–Kier alpha value is -5.49. The molecular formula is C73H131N9O27. The van der Waals surface area contributed by atoms with Crippen molar-refractivity contribution < 1.29 is 132 Å². The zero-order chi connectivity index (χ0) is 80.2. The minimum absolute atomic E-state index is 0.0148. The summed E-state index contributed by atoms with van der Waals surface area (Å²) in [6.45, 7) is 7.47. The third-order valence-electron chi connectivity index (χ3n) is 19.3. The summed E-state index contributed by atoms with van der Waals surface area (Å²) in [5.74, 6) is -4.05. The Balaban J connectivity index is 1.30. The highest BCUT2D eigenvalue weighted by molar-refractivity contribution is 5.90. The van der Waals surface area contributed by atoms with Crippen LogP contribution in [0.15, 0.2) is 0 Å². The Morgan fingerprint density at radius 2 is 0.716 bits per heavy atom. The molecule has 0 spiro atoms. The minimum atomic E-state index is -1.47. The van der Waals surface area contributed by atoms with E-state index in [9.17, 15) is 94.2 Å². The standard InChI is InChI=1S/C73H131N9O27/c1-44(2)105-43-55-51(89)38-48(106-55)39-77-56(90)26-18-10-8-6-7-9-11-19-27-58(92)81-50(70(101)76-34-22-14-17-25-37-104-73-62(80-47(5)88)68(99)65(96)54(42-85)109-73)29-31-59(93)82-49(69(100)75-33-21-13-16-24-36-103-72-61(79-46(4)87)67(98)64(95)53(41-84)108-72)28-30-57(91)74-32-20-12-15-23-35-102-71-60(78-45(3)86)66(97)63(94)52(40-83)107-71/h44,48-55,60-68,71-73,83-85,89,94-99H,6-43H2,1-5H3,(H,74,91)(H,75,100)(H,76,101)(H,77,90)(H,78,86)(H,79,87)(H,80,88)(H,81,92)(H,82,93)/t48-,49?,50?,51+,52?,53?,54?,55-,60?,61?,62?,63?,64?,65?,66?,67?,68?,71?,72?,73?/m1/s1. The van der Waals surface area contributed by atoms with E-state index in [1.807, 2.05) is 13.8 Å². The molecule has 0 bridgehead atoms. The van der Waals surface area contributed by atoms with Crippen molar-refractivity contribution in [3.63, 3.8) is 0 Å². The van der Waals surface area contributed by atoms with Crippen molar-refractivity contribution in [2.24, 2.45) is 0 Å². The van der Waals surface area contributed by atoms with Crippen LogP contribution in [0.25, 0.3) is 0 Å². The lowest BCUT2D eigenvalue weighted by molar-refractivity contribution is -0.270. The maximum absolute atomic E-state index is 13.9. The lowest BCUT2D eigenvalue weighted by Gasteiger charge is -2.42. The first kappa shape index (κ1) is 95.9. The van der Waals surface area contributed by atoms with E-state index in [-0.39, 0.29) is 89.7 Å². The van der Waals surface area contributed by atoms with Gasteiger partial charge >= 0.3 is 0 Å². The van der Waals surface area contributed by atoms with Gasteiger partial charge in [-0.05, 0) is 78.1 Å². The third-order valence-corrected chi connectivity index (χ3v) is 19.3. The fraction of sp³-hybridized carbons (Fsp3) is 0.877. The summed E-state index contributed by atoms with van der Waals surface area (Å²) >= 11 is 0. The summed E-state index contributed by atoms with van der Waals surface area (Å²) < 4.78 is 45.8. The number of aliphatic hydroxyl groups is 10. The van der Waals surface area contributed by atoms with E-state index >= 15 is 0 Å². The van der Waals surface area contributed by atoms with Gasteiger partial charge in [0, 0.05) is 98.9 Å². The summed E-state index contributed by atoms with van der Waals surface area (Å²) in [5.41, 5.74) is 0. The van der Waals surface area contributed by atoms with Gasteiger partial charge in [0.25, 0.3) is 0 Å². The van der Waals surface area contributed by atoms with Crippen molar-refractivity contribution in [2.45, 2.75) is 336 Å². The molecule has 4 fully saturated rings. The van der Waals surface area contributed by atoms with Crippen LogP contribution in [0.1, 0.15) is 208 Å². The molecule has 4 aliphatic heterocycles. The molecule has 0 aliphatic carbocycles. The summed E-state index contributed by atoms with van der Waals surface area (Å²) in [7, 11) is 0. The lowest BCUT2D eigenvalue weighted by Crippen LogP contribution is -2.64. The van der Waals surface area contributed by atoms with Gasteiger partial charge in [0.1, 0.15) is 91.2 Å². The average Bonchev–Trinajstić information content (AvgIpc) is 1.80. The normalized spacial score (nSPS) is 27.4. The molecule has 36 nitrogen and oxygen atoms in total. The summed E-state index contributed by atoms with van der Waals surface area (Å²) in [5, 5.41) is 127. The van der Waals surface area contributed by atoms with Crippen LogP contribution in [-0.2, 0) is 81.0 Å². The van der Waals surface area contributed by atoms with Crippen molar-refractivity contribution in [3.05, 3.63) is 0 Å². The summed E-state index contributed by atoms with van der Waals surface area (Å²) in [4.78, 5) is 117. The van der Waals surface area contributed by atoms with Crippen molar-refractivity contribution in [1.29, 1.82) is 0 Å². The van der Waals surface area contributed by atoms with Crippen LogP contribution in [-0.4, -0.2) is 305 Å². The van der Waals surface area contributed by atoms with Crippen LogP contribution in [0, 0.1) is 0 Å². The molecule has 4 heterocycles. The Morgan fingerprint density at radius 1 is 0.385 bits per heavy atom. The number of amides is 9. The maximum Gasteiger partial charge on any atom is 0.242 e. The van der Waals surface area contributed by atoms with Crippen molar-refractivity contribution >= 4 is 53.2 Å². The zero-order valence-electron chi connectivity index (χ0n) is 64.4. The molecule has 20 atom stereocenters. The molecule has 109 heavy (non-hydrogen) atoms. The molecule has 4 rings (SSSR count). The number of hydrogen-bond donors (Lipinski definition) is 19. The van der Waals surface area contributed by atoms with Crippen LogP contribution in [0.5, 0.6) is 0 Å². The first-order valence-corrected chi connectivity index (χ1v) is 39.3. The van der Waals surface area contributed by atoms with E-state index in [4.69, 9.17) is 37.9 Å². The molecule has 17 unspecified atom stereocenters. The number of unbranched alkanes of at least 4 members (excludes halogenated alkanes) is 16. The zero-order valence-corrected chi connectivity index (χ0v) is 64.4. The van der Waals surface area contributed by atoms with E-state index in [1.165, 1.54) is 20.8 Å². The van der Waals surface area contributed by atoms with Crippen LogP contribution < -0.4 is 47.9 Å². The van der Waals surface area contributed by atoms with Crippen molar-refractivity contribution in [3.8, 4) is 0 Å². The van der Waals surface area contributed by atoms with Gasteiger partial charge < -0.3 is 137 Å². The van der Waals surface area contributed by atoms with E-state index in [1.54, 1.807) is 0 Å². The molecule has 9 amide bonds. The smallest absolute Gasteiger partial charge is 0.242 e. The van der Waals surface area contributed by atoms with Gasteiger partial charge in [-0.1, -0.05) is 77.0 Å². The highest BCUT2D eigenvalue weighted by atomic mass is 16.7. The van der Waals surface area contributed by atoms with Gasteiger partial charge in [0.2, 0.25) is 53.2 Å². The Morgan fingerprint density at radius 3 is 1.09 bits per heavy atom. The van der Waals surface area contributed by atoms with Gasteiger partial charge in [0.05, 0.1) is 44.7 Å². The second-order valence-electron chi connectivity index (χ2n) is 29.0. The fourth-order valence-corrected chi connectivity index (χ4v) is 13.1. The minimum Gasteiger partial charge on any atom is -0.394 e. The molecule has 19 N–H and O–H groups in total. The largest absolute Gasteiger partial charge is 0.394 e. The molecule has 4 saturated heterocycles. The number of ether oxygens (including phenoxy) is 8. The number of carbonyl (C=O) groups excluding carboxylic acids is 9. The van der Waals surface area contributed by atoms with Crippen LogP contribution in [0.2, 0.25) is 0 Å². The maximum atomic E-state index is 13.9. The third kappa shape index (κ3) is 37.4. The first-order chi connectivity index (χ1) is 52.2. The number of rotatable bonds is 56. The van der Waals surface area contributed by atoms with Gasteiger partial charge in [0.15, 0.2) is 18.9 Å². The number of carbonyl (C=O) groups is 9. The predicted molar refractivity (Wildman–Crippen MR) is 390 cm³/mol. The lowest BCUT2D eigenvalue weighted by atomic mass is 9.97. The van der Waals surface area contributed by atoms with Crippen LogP contribution in [0.4, 0.5) is 0 Å². The molecule has 0 aromatic heterocycles. The monoisotopic (exact) mass is 1570 g/mol. The molecule has 0 radical (unpaired) electrons. The highest BCUT2D eigenvalue weighted by Gasteiger charge is 2.48. The average molecular weight is 1570 g/mol.